The van der Waals surface area contributed by atoms with E-state index in [1.165, 1.54) is 18.4 Å². The fourth-order valence-corrected chi connectivity index (χ4v) is 4.05. The quantitative estimate of drug-likeness (QED) is 0.914. The molecule has 3 rings (SSSR count). The molecule has 2 aliphatic heterocycles. The number of piperidine rings is 1. The Bertz CT molecular complexity index is 635. The van der Waals surface area contributed by atoms with Crippen molar-refractivity contribution >= 4 is 11.6 Å². The Balaban J connectivity index is 1.70. The van der Waals surface area contributed by atoms with Crippen LogP contribution in [0.3, 0.4) is 0 Å². The number of hydrogen-bond donors (Lipinski definition) is 1. The van der Waals surface area contributed by atoms with E-state index in [-0.39, 0.29) is 11.3 Å². The van der Waals surface area contributed by atoms with Crippen LogP contribution in [0.4, 0.5) is 5.69 Å². The Hall–Kier alpha value is -1.39. The highest BCUT2D eigenvalue weighted by atomic mass is 16.3. The van der Waals surface area contributed by atoms with Gasteiger partial charge in [-0.05, 0) is 48.9 Å². The van der Waals surface area contributed by atoms with Gasteiger partial charge >= 0.3 is 0 Å². The van der Waals surface area contributed by atoms with Crippen molar-refractivity contribution in [3.63, 3.8) is 0 Å². The van der Waals surface area contributed by atoms with Gasteiger partial charge in [0.15, 0.2) is 0 Å². The average molecular weight is 344 g/mol. The zero-order chi connectivity index (χ0) is 18.2. The van der Waals surface area contributed by atoms with Gasteiger partial charge in [0.1, 0.15) is 0 Å². The van der Waals surface area contributed by atoms with Crippen molar-refractivity contribution < 1.29 is 9.90 Å². The van der Waals surface area contributed by atoms with Crippen molar-refractivity contribution in [1.82, 2.24) is 4.90 Å². The normalized spacial score (nSPS) is 22.8. The van der Waals surface area contributed by atoms with Crippen LogP contribution in [-0.4, -0.2) is 42.1 Å². The maximum Gasteiger partial charge on any atom is 0.232 e. The molecule has 0 aliphatic carbocycles. The van der Waals surface area contributed by atoms with E-state index < -0.39 is 6.10 Å². The number of benzene rings is 1. The first-order valence-electron chi connectivity index (χ1n) is 9.61. The van der Waals surface area contributed by atoms with Gasteiger partial charge in [0.2, 0.25) is 5.91 Å². The Morgan fingerprint density at radius 3 is 2.76 bits per heavy atom. The van der Waals surface area contributed by atoms with Gasteiger partial charge in [0, 0.05) is 30.7 Å². The van der Waals surface area contributed by atoms with E-state index in [1.807, 2.05) is 37.8 Å². The van der Waals surface area contributed by atoms with Crippen molar-refractivity contribution in [2.24, 2.45) is 11.3 Å². The molecular formula is C21H32N2O2. The first-order valence-corrected chi connectivity index (χ1v) is 9.61. The summed E-state index contributed by atoms with van der Waals surface area (Å²) in [6, 6.07) is 6.11. The number of fused-ring (bicyclic) bond motifs is 1. The molecule has 1 N–H and O–H groups in total. The van der Waals surface area contributed by atoms with Crippen LogP contribution >= 0.6 is 0 Å². The predicted molar refractivity (Wildman–Crippen MR) is 102 cm³/mol. The zero-order valence-electron chi connectivity index (χ0n) is 16.1. The second kappa shape index (κ2) is 7.08. The molecule has 4 nitrogen and oxygen atoms in total. The summed E-state index contributed by atoms with van der Waals surface area (Å²) < 4.78 is 0. The highest BCUT2D eigenvalue weighted by Gasteiger charge is 2.32. The molecule has 2 aliphatic rings. The average Bonchev–Trinajstić information content (AvgIpc) is 2.96. The fraction of sp³-hybridized carbons (Fsp3) is 0.667. The first-order chi connectivity index (χ1) is 11.8. The Kier molecular flexibility index (Phi) is 5.21. The van der Waals surface area contributed by atoms with Crippen molar-refractivity contribution in [3.05, 3.63) is 29.3 Å². The zero-order valence-corrected chi connectivity index (χ0v) is 16.1. The molecule has 138 valence electrons. The van der Waals surface area contributed by atoms with Crippen molar-refractivity contribution in [2.45, 2.75) is 53.1 Å². The molecule has 2 unspecified atom stereocenters. The van der Waals surface area contributed by atoms with Gasteiger partial charge in [-0.1, -0.05) is 39.8 Å². The summed E-state index contributed by atoms with van der Waals surface area (Å²) in [6.45, 7) is 11.8. The molecular weight excluding hydrogens is 312 g/mol. The van der Waals surface area contributed by atoms with E-state index in [0.29, 0.717) is 6.54 Å². The molecule has 25 heavy (non-hydrogen) atoms. The van der Waals surface area contributed by atoms with E-state index >= 15 is 0 Å². The smallest absolute Gasteiger partial charge is 0.232 e. The van der Waals surface area contributed by atoms with Crippen molar-refractivity contribution in [1.29, 1.82) is 0 Å². The van der Waals surface area contributed by atoms with Gasteiger partial charge in [-0.15, -0.1) is 0 Å². The second-order valence-corrected chi connectivity index (χ2v) is 8.87. The number of nitrogens with zero attached hydrogens (tertiary/aromatic N) is 2. The number of aliphatic hydroxyl groups is 1. The molecule has 0 aromatic heterocycles. The van der Waals surface area contributed by atoms with E-state index in [1.54, 1.807) is 0 Å². The summed E-state index contributed by atoms with van der Waals surface area (Å²) in [7, 11) is 0. The van der Waals surface area contributed by atoms with Crippen LogP contribution in [0.15, 0.2) is 18.2 Å². The minimum absolute atomic E-state index is 0.168. The molecule has 1 fully saturated rings. The number of carbonyl (C=O) groups is 1. The molecule has 1 saturated heterocycles. The summed E-state index contributed by atoms with van der Waals surface area (Å²) in [5.74, 6) is 0.889. The van der Waals surface area contributed by atoms with Crippen LogP contribution in [0, 0.1) is 11.3 Å². The van der Waals surface area contributed by atoms with Gasteiger partial charge in [-0.2, -0.15) is 0 Å². The van der Waals surface area contributed by atoms with Crippen LogP contribution in [0.2, 0.25) is 0 Å². The van der Waals surface area contributed by atoms with Crippen LogP contribution in [0.1, 0.15) is 57.8 Å². The molecule has 0 bridgehead atoms. The lowest BCUT2D eigenvalue weighted by molar-refractivity contribution is -0.125. The monoisotopic (exact) mass is 344 g/mol. The minimum Gasteiger partial charge on any atom is -0.387 e. The number of carbonyl (C=O) groups excluding carboxylic acids is 1. The highest BCUT2D eigenvalue weighted by molar-refractivity contribution is 5.98. The largest absolute Gasteiger partial charge is 0.387 e. The minimum atomic E-state index is -0.456. The second-order valence-electron chi connectivity index (χ2n) is 8.87. The number of amides is 1. The Morgan fingerprint density at radius 1 is 1.32 bits per heavy atom. The third kappa shape index (κ3) is 4.06. The SMILES string of the molecule is CC1CCCN(CC(O)c2ccc3c(c2)CCN3C(=O)C(C)(C)C)C1. The number of rotatable bonds is 3. The molecule has 2 atom stereocenters. The topological polar surface area (TPSA) is 43.8 Å². The number of β-amino-alcohol motifs (C(OH)–C–C–N with tert-alkyl or cyclic N) is 1. The predicted octanol–water partition coefficient (Wildman–Crippen LogP) is 3.39. The first kappa shape index (κ1) is 18.4. The molecule has 0 radical (unpaired) electrons. The van der Waals surface area contributed by atoms with E-state index in [9.17, 15) is 9.90 Å². The molecule has 0 spiro atoms. The number of likely N-dealkylation sites (tertiary alicyclic amines) is 1. The van der Waals surface area contributed by atoms with E-state index in [2.05, 4.69) is 17.9 Å². The maximum absolute atomic E-state index is 12.6. The summed E-state index contributed by atoms with van der Waals surface area (Å²) in [5, 5.41) is 10.7. The van der Waals surface area contributed by atoms with Crippen LogP contribution in [-0.2, 0) is 11.2 Å². The van der Waals surface area contributed by atoms with Crippen molar-refractivity contribution in [2.75, 3.05) is 31.1 Å². The molecule has 0 saturated carbocycles. The summed E-state index contributed by atoms with van der Waals surface area (Å²) in [5.41, 5.74) is 2.80. The van der Waals surface area contributed by atoms with Gasteiger partial charge in [0.25, 0.3) is 0 Å². The van der Waals surface area contributed by atoms with Crippen LogP contribution < -0.4 is 4.90 Å². The molecule has 1 aromatic rings. The van der Waals surface area contributed by atoms with Gasteiger partial charge in [0.05, 0.1) is 6.10 Å². The van der Waals surface area contributed by atoms with Gasteiger partial charge < -0.3 is 14.9 Å². The number of anilines is 1. The molecule has 1 amide bonds. The number of aliphatic hydroxyl groups excluding tert-OH is 1. The molecule has 4 heteroatoms. The summed E-state index contributed by atoms with van der Waals surface area (Å²) in [4.78, 5) is 16.9. The lowest BCUT2D eigenvalue weighted by atomic mass is 9.94. The maximum atomic E-state index is 12.6. The van der Waals surface area contributed by atoms with Crippen LogP contribution in [0.5, 0.6) is 0 Å². The summed E-state index contributed by atoms with van der Waals surface area (Å²) in [6.07, 6.45) is 2.94. The van der Waals surface area contributed by atoms with E-state index in [0.717, 1.165) is 43.2 Å². The van der Waals surface area contributed by atoms with Crippen molar-refractivity contribution in [3.8, 4) is 0 Å². The lowest BCUT2D eigenvalue weighted by Gasteiger charge is -2.32. The Labute approximate surface area is 151 Å². The molecule has 2 heterocycles. The lowest BCUT2D eigenvalue weighted by Crippen LogP contribution is -2.38. The number of hydrogen-bond acceptors (Lipinski definition) is 3. The fourth-order valence-electron chi connectivity index (χ4n) is 4.05. The Morgan fingerprint density at radius 2 is 2.08 bits per heavy atom. The third-order valence-corrected chi connectivity index (χ3v) is 5.44. The highest BCUT2D eigenvalue weighted by Crippen LogP contribution is 2.34. The van der Waals surface area contributed by atoms with Gasteiger partial charge in [-0.25, -0.2) is 0 Å². The standard InChI is InChI=1S/C21H32N2O2/c1-15-6-5-10-22(13-15)14-19(24)17-7-8-18-16(12-17)9-11-23(18)20(25)21(2,3)4/h7-8,12,15,19,24H,5-6,9-11,13-14H2,1-4H3. The summed E-state index contributed by atoms with van der Waals surface area (Å²) >= 11 is 0. The van der Waals surface area contributed by atoms with Crippen LogP contribution in [0.25, 0.3) is 0 Å². The van der Waals surface area contributed by atoms with E-state index in [4.69, 9.17) is 0 Å². The molecule has 1 aromatic carbocycles. The van der Waals surface area contributed by atoms with Gasteiger partial charge in [-0.3, -0.25) is 4.79 Å². The third-order valence-electron chi connectivity index (χ3n) is 5.44.